The Balaban J connectivity index is 1.06. The molecule has 0 radical (unpaired) electrons. The number of aliphatic hydroxyl groups is 5. The van der Waals surface area contributed by atoms with Crippen LogP contribution in [0.4, 0.5) is 0 Å². The molecule has 0 unspecified atom stereocenters. The van der Waals surface area contributed by atoms with E-state index >= 15 is 0 Å². The summed E-state index contributed by atoms with van der Waals surface area (Å²) in [7, 11) is 0. The van der Waals surface area contributed by atoms with E-state index in [0.29, 0.717) is 18.3 Å². The van der Waals surface area contributed by atoms with Crippen LogP contribution in [0.15, 0.2) is 0 Å². The fourth-order valence-electron chi connectivity index (χ4n) is 12.1. The maximum absolute atomic E-state index is 11.6. The summed E-state index contributed by atoms with van der Waals surface area (Å²) in [5, 5.41) is 52.1. The molecular weight excluding hydrogens is 522 g/mol. The minimum atomic E-state index is -1.43. The number of fused-ring (bicyclic) bond motifs is 8. The summed E-state index contributed by atoms with van der Waals surface area (Å²) in [4.78, 5) is 2.88. The molecule has 0 aromatic rings. The van der Waals surface area contributed by atoms with Gasteiger partial charge < -0.3 is 35.0 Å². The highest BCUT2D eigenvalue weighted by Crippen LogP contribution is 2.67. The SMILES string of the molecule is C[C@H]1CC[C@H]2[C@H](C)[C@H]3CC[C@@H]4[C@@H](C[C@H]5[C@H]4C[C@H](O)[C@H]4C[C@H](O[C@@H]6O[C@H](CO)[C@@H](O)[C@H](O)[C@H]6O)CC[C@@]45C)[C@@H]3CN2C1. The molecule has 8 heteroatoms. The van der Waals surface area contributed by atoms with Crippen LogP contribution in [0, 0.1) is 58.7 Å². The van der Waals surface area contributed by atoms with E-state index in [1.807, 2.05) is 0 Å². The number of hydrogen-bond donors (Lipinski definition) is 5. The lowest BCUT2D eigenvalue weighted by Crippen LogP contribution is -2.60. The van der Waals surface area contributed by atoms with Crippen LogP contribution >= 0.6 is 0 Å². The summed E-state index contributed by atoms with van der Waals surface area (Å²) in [6, 6.07) is 0.787. The zero-order valence-corrected chi connectivity index (χ0v) is 25.3. The number of ether oxygens (including phenoxy) is 2. The summed E-state index contributed by atoms with van der Waals surface area (Å²) in [6.45, 7) is 9.55. The van der Waals surface area contributed by atoms with Gasteiger partial charge in [0.25, 0.3) is 0 Å². The van der Waals surface area contributed by atoms with Gasteiger partial charge in [0, 0.05) is 19.1 Å². The van der Waals surface area contributed by atoms with E-state index in [4.69, 9.17) is 9.47 Å². The molecule has 4 saturated carbocycles. The molecular formula is C33H55NO7. The third-order valence-electron chi connectivity index (χ3n) is 14.1. The number of rotatable bonds is 3. The maximum Gasteiger partial charge on any atom is 0.186 e. The van der Waals surface area contributed by atoms with E-state index in [1.54, 1.807) is 0 Å². The van der Waals surface area contributed by atoms with Crippen LogP contribution in [0.1, 0.15) is 78.6 Å². The lowest BCUT2D eigenvalue weighted by molar-refractivity contribution is -0.317. The third kappa shape index (κ3) is 4.68. The normalized spacial score (nSPS) is 59.0. The van der Waals surface area contributed by atoms with Crippen LogP contribution in [-0.4, -0.2) is 99.1 Å². The van der Waals surface area contributed by atoms with E-state index < -0.39 is 37.3 Å². The van der Waals surface area contributed by atoms with Gasteiger partial charge in [0.1, 0.15) is 24.4 Å². The molecule has 7 fully saturated rings. The topological polar surface area (TPSA) is 123 Å². The highest BCUT2D eigenvalue weighted by atomic mass is 16.7. The molecule has 0 amide bonds. The van der Waals surface area contributed by atoms with Crippen molar-refractivity contribution < 1.29 is 35.0 Å². The van der Waals surface area contributed by atoms with Crippen LogP contribution in [0.3, 0.4) is 0 Å². The van der Waals surface area contributed by atoms with Gasteiger partial charge in [-0.15, -0.1) is 0 Å². The zero-order valence-electron chi connectivity index (χ0n) is 25.3. The summed E-state index contributed by atoms with van der Waals surface area (Å²) < 4.78 is 11.9. The van der Waals surface area contributed by atoms with Crippen molar-refractivity contribution in [2.45, 2.75) is 128 Å². The molecule has 8 nitrogen and oxygen atoms in total. The molecule has 0 bridgehead atoms. The summed E-state index contributed by atoms with van der Waals surface area (Å²) in [5.41, 5.74) is 0.0763. The molecule has 4 aliphatic carbocycles. The van der Waals surface area contributed by atoms with Crippen molar-refractivity contribution in [1.29, 1.82) is 0 Å². The molecule has 3 heterocycles. The molecule has 5 N–H and O–H groups in total. The van der Waals surface area contributed by atoms with Crippen LogP contribution in [-0.2, 0) is 9.47 Å². The molecule has 18 atom stereocenters. The molecule has 3 aliphatic heterocycles. The smallest absolute Gasteiger partial charge is 0.186 e. The van der Waals surface area contributed by atoms with Crippen LogP contribution < -0.4 is 0 Å². The summed E-state index contributed by atoms with van der Waals surface area (Å²) in [6.07, 6.45) is 3.39. The Labute approximate surface area is 245 Å². The van der Waals surface area contributed by atoms with E-state index in [1.165, 1.54) is 45.2 Å². The largest absolute Gasteiger partial charge is 0.394 e. The summed E-state index contributed by atoms with van der Waals surface area (Å²) in [5.74, 6) is 6.23. The Morgan fingerprint density at radius 2 is 1.56 bits per heavy atom. The van der Waals surface area contributed by atoms with Crippen molar-refractivity contribution in [3.05, 3.63) is 0 Å². The predicted molar refractivity (Wildman–Crippen MR) is 152 cm³/mol. The van der Waals surface area contributed by atoms with Gasteiger partial charge in [-0.25, -0.2) is 0 Å². The van der Waals surface area contributed by atoms with E-state index in [2.05, 4.69) is 25.7 Å². The monoisotopic (exact) mass is 577 g/mol. The first-order valence-electron chi connectivity index (χ1n) is 17.0. The molecule has 7 rings (SSSR count). The van der Waals surface area contributed by atoms with Crippen molar-refractivity contribution >= 4 is 0 Å². The first-order valence-corrected chi connectivity index (χ1v) is 17.0. The van der Waals surface area contributed by atoms with Crippen LogP contribution in [0.25, 0.3) is 0 Å². The highest BCUT2D eigenvalue weighted by molar-refractivity contribution is 5.12. The average molecular weight is 578 g/mol. The van der Waals surface area contributed by atoms with Gasteiger partial charge in [0.05, 0.1) is 18.8 Å². The van der Waals surface area contributed by atoms with Crippen molar-refractivity contribution in [1.82, 2.24) is 4.90 Å². The van der Waals surface area contributed by atoms with E-state index in [-0.39, 0.29) is 23.5 Å². The van der Waals surface area contributed by atoms with Gasteiger partial charge in [0.15, 0.2) is 6.29 Å². The lowest BCUT2D eigenvalue weighted by Gasteiger charge is -2.57. The van der Waals surface area contributed by atoms with E-state index in [0.717, 1.165) is 60.8 Å². The highest BCUT2D eigenvalue weighted by Gasteiger charge is 2.63. The quantitative estimate of drug-likeness (QED) is 0.324. The number of piperidine rings is 2. The minimum absolute atomic E-state index is 0.0763. The second kappa shape index (κ2) is 10.9. The molecule has 41 heavy (non-hydrogen) atoms. The number of aliphatic hydroxyl groups excluding tert-OH is 5. The number of nitrogens with zero attached hydrogens (tertiary/aromatic N) is 1. The fourth-order valence-corrected chi connectivity index (χ4v) is 12.1. The number of hydrogen-bond acceptors (Lipinski definition) is 8. The van der Waals surface area contributed by atoms with Crippen LogP contribution in [0.5, 0.6) is 0 Å². The Morgan fingerprint density at radius 3 is 2.34 bits per heavy atom. The van der Waals surface area contributed by atoms with Crippen molar-refractivity contribution in [2.24, 2.45) is 58.7 Å². The van der Waals surface area contributed by atoms with Gasteiger partial charge in [0.2, 0.25) is 0 Å². The second-order valence-corrected chi connectivity index (χ2v) is 15.9. The molecule has 234 valence electrons. The van der Waals surface area contributed by atoms with Crippen molar-refractivity contribution in [2.75, 3.05) is 19.7 Å². The Kier molecular flexibility index (Phi) is 7.84. The fraction of sp³-hybridized carbons (Fsp3) is 1.00. The predicted octanol–water partition coefficient (Wildman–Crippen LogP) is 2.39. The summed E-state index contributed by atoms with van der Waals surface area (Å²) >= 11 is 0. The Hall–Kier alpha value is -0.320. The molecule has 3 saturated heterocycles. The van der Waals surface area contributed by atoms with Gasteiger partial charge >= 0.3 is 0 Å². The van der Waals surface area contributed by atoms with Crippen molar-refractivity contribution in [3.63, 3.8) is 0 Å². The Bertz CT molecular complexity index is 949. The minimum Gasteiger partial charge on any atom is -0.394 e. The standard InChI is InChI=1S/C33H55NO7/c1-16-4-7-26-17(2)19-5-6-20-21(23(19)14-34(26)13-16)11-24-22(20)12-27(36)25-10-18(8-9-33(24,25)3)40-32-31(39)30(38)29(37)28(15-35)41-32/h16-32,35-39H,4-15H2,1-3H3/t16-,17+,18+,19+,20+,21+,22-,23+,24-,25+,26-,27-,28+,29+,30-,31+,32+,33+/m0/s1. The molecule has 7 aliphatic rings. The zero-order chi connectivity index (χ0) is 28.8. The molecule has 0 spiro atoms. The average Bonchev–Trinajstić information content (AvgIpc) is 3.34. The van der Waals surface area contributed by atoms with Gasteiger partial charge in [-0.2, -0.15) is 0 Å². The Morgan fingerprint density at radius 1 is 0.780 bits per heavy atom. The molecule has 0 aromatic heterocycles. The van der Waals surface area contributed by atoms with Crippen LogP contribution in [0.2, 0.25) is 0 Å². The first kappa shape index (κ1) is 29.4. The lowest BCUT2D eigenvalue weighted by atomic mass is 9.51. The van der Waals surface area contributed by atoms with Gasteiger partial charge in [-0.05, 0) is 116 Å². The van der Waals surface area contributed by atoms with Crippen molar-refractivity contribution in [3.8, 4) is 0 Å². The van der Waals surface area contributed by atoms with E-state index in [9.17, 15) is 25.5 Å². The maximum atomic E-state index is 11.6. The first-order chi connectivity index (χ1) is 19.6. The van der Waals surface area contributed by atoms with Gasteiger partial charge in [-0.1, -0.05) is 20.8 Å². The second-order valence-electron chi connectivity index (χ2n) is 15.9. The molecule has 0 aromatic carbocycles. The third-order valence-corrected chi connectivity index (χ3v) is 14.1. The van der Waals surface area contributed by atoms with Gasteiger partial charge in [-0.3, -0.25) is 4.90 Å².